The van der Waals surface area contributed by atoms with E-state index in [-0.39, 0.29) is 11.7 Å². The zero-order valence-electron chi connectivity index (χ0n) is 9.86. The van der Waals surface area contributed by atoms with Crippen LogP contribution in [0.4, 0.5) is 0 Å². The molecule has 1 fully saturated rings. The molecule has 0 aliphatic carbocycles. The first-order valence-corrected chi connectivity index (χ1v) is 7.19. The quantitative estimate of drug-likeness (QED) is 0.754. The first kappa shape index (κ1) is 12.9. The summed E-state index contributed by atoms with van der Waals surface area (Å²) in [6, 6.07) is 0. The standard InChI is InChI=1S/C10H22N2O2S/c1-9(2)8-15(13,14)12-5-4-10(7-12)6-11-3/h9-11H,4-8H2,1-3H3. The molecule has 1 rings (SSSR count). The highest BCUT2D eigenvalue weighted by molar-refractivity contribution is 7.89. The largest absolute Gasteiger partial charge is 0.319 e. The summed E-state index contributed by atoms with van der Waals surface area (Å²) in [7, 11) is -1.10. The van der Waals surface area contributed by atoms with Crippen LogP contribution in [0.1, 0.15) is 20.3 Å². The third-order valence-corrected chi connectivity index (χ3v) is 4.89. The lowest BCUT2D eigenvalue weighted by Gasteiger charge is -2.17. The fourth-order valence-corrected chi connectivity index (χ4v) is 3.91. The van der Waals surface area contributed by atoms with Gasteiger partial charge in [-0.15, -0.1) is 0 Å². The summed E-state index contributed by atoms with van der Waals surface area (Å²) < 4.78 is 25.4. The van der Waals surface area contributed by atoms with Crippen molar-refractivity contribution in [3.05, 3.63) is 0 Å². The van der Waals surface area contributed by atoms with Crippen LogP contribution in [0.2, 0.25) is 0 Å². The number of nitrogens with zero attached hydrogens (tertiary/aromatic N) is 1. The van der Waals surface area contributed by atoms with Crippen molar-refractivity contribution < 1.29 is 8.42 Å². The minimum absolute atomic E-state index is 0.207. The first-order valence-electron chi connectivity index (χ1n) is 5.58. The SMILES string of the molecule is CNCC1CCN(S(=O)(=O)CC(C)C)C1. The molecule has 0 aromatic heterocycles. The van der Waals surface area contributed by atoms with Gasteiger partial charge in [-0.05, 0) is 31.8 Å². The lowest BCUT2D eigenvalue weighted by molar-refractivity contribution is 0.446. The second-order valence-corrected chi connectivity index (χ2v) is 6.76. The van der Waals surface area contributed by atoms with Crippen LogP contribution in [-0.2, 0) is 10.0 Å². The Morgan fingerprint density at radius 1 is 1.47 bits per heavy atom. The summed E-state index contributed by atoms with van der Waals surface area (Å²) in [5.41, 5.74) is 0. The Morgan fingerprint density at radius 3 is 2.67 bits per heavy atom. The van der Waals surface area contributed by atoms with Crippen molar-refractivity contribution in [1.29, 1.82) is 0 Å². The summed E-state index contributed by atoms with van der Waals surface area (Å²) in [4.78, 5) is 0. The summed E-state index contributed by atoms with van der Waals surface area (Å²) in [6.45, 7) is 6.18. The van der Waals surface area contributed by atoms with E-state index in [0.717, 1.165) is 13.0 Å². The molecule has 1 aliphatic heterocycles. The van der Waals surface area contributed by atoms with Crippen LogP contribution in [0.25, 0.3) is 0 Å². The van der Waals surface area contributed by atoms with Gasteiger partial charge in [0.15, 0.2) is 0 Å². The van der Waals surface area contributed by atoms with Gasteiger partial charge >= 0.3 is 0 Å². The van der Waals surface area contributed by atoms with Crippen molar-refractivity contribution in [2.75, 3.05) is 32.4 Å². The lowest BCUT2D eigenvalue weighted by atomic mass is 10.1. The van der Waals surface area contributed by atoms with Crippen LogP contribution in [0, 0.1) is 11.8 Å². The topological polar surface area (TPSA) is 49.4 Å². The van der Waals surface area contributed by atoms with E-state index in [1.54, 1.807) is 4.31 Å². The molecule has 90 valence electrons. The second-order valence-electron chi connectivity index (χ2n) is 4.74. The van der Waals surface area contributed by atoms with E-state index in [1.807, 2.05) is 20.9 Å². The van der Waals surface area contributed by atoms with Crippen molar-refractivity contribution in [3.8, 4) is 0 Å². The summed E-state index contributed by atoms with van der Waals surface area (Å²) in [6.07, 6.45) is 0.984. The van der Waals surface area contributed by atoms with Gasteiger partial charge in [-0.2, -0.15) is 0 Å². The van der Waals surface area contributed by atoms with Crippen molar-refractivity contribution in [3.63, 3.8) is 0 Å². The van der Waals surface area contributed by atoms with Crippen LogP contribution < -0.4 is 5.32 Å². The van der Waals surface area contributed by atoms with Crippen LogP contribution in [0.15, 0.2) is 0 Å². The Bertz CT molecular complexity index is 288. The van der Waals surface area contributed by atoms with E-state index >= 15 is 0 Å². The first-order chi connectivity index (χ1) is 6.95. The van der Waals surface area contributed by atoms with Gasteiger partial charge in [0.1, 0.15) is 0 Å². The fourth-order valence-electron chi connectivity index (χ4n) is 2.03. The van der Waals surface area contributed by atoms with E-state index in [2.05, 4.69) is 5.32 Å². The Balaban J connectivity index is 2.52. The third-order valence-electron chi connectivity index (χ3n) is 2.68. The van der Waals surface area contributed by atoms with Crippen molar-refractivity contribution >= 4 is 10.0 Å². The molecule has 0 spiro atoms. The van der Waals surface area contributed by atoms with Gasteiger partial charge in [0.2, 0.25) is 10.0 Å². The van der Waals surface area contributed by atoms with E-state index < -0.39 is 10.0 Å². The Labute approximate surface area is 93.1 Å². The minimum atomic E-state index is -3.00. The molecule has 4 nitrogen and oxygen atoms in total. The van der Waals surface area contributed by atoms with Gasteiger partial charge in [-0.25, -0.2) is 12.7 Å². The second kappa shape index (κ2) is 5.27. The molecule has 1 unspecified atom stereocenters. The van der Waals surface area contributed by atoms with Crippen molar-refractivity contribution in [2.45, 2.75) is 20.3 Å². The molecule has 0 amide bonds. The highest BCUT2D eigenvalue weighted by Gasteiger charge is 2.30. The Kier molecular flexibility index (Phi) is 4.55. The molecule has 1 N–H and O–H groups in total. The summed E-state index contributed by atoms with van der Waals surface area (Å²) in [5.74, 6) is 0.967. The average molecular weight is 234 g/mol. The van der Waals surface area contributed by atoms with Crippen LogP contribution in [0.3, 0.4) is 0 Å². The van der Waals surface area contributed by atoms with Crippen LogP contribution in [0.5, 0.6) is 0 Å². The number of nitrogens with one attached hydrogen (secondary N) is 1. The molecule has 1 heterocycles. The maximum Gasteiger partial charge on any atom is 0.214 e. The average Bonchev–Trinajstić information content (AvgIpc) is 2.51. The monoisotopic (exact) mass is 234 g/mol. The predicted molar refractivity (Wildman–Crippen MR) is 62.2 cm³/mol. The molecule has 1 aliphatic rings. The normalized spacial score (nSPS) is 23.9. The molecule has 5 heteroatoms. The van der Waals surface area contributed by atoms with Gasteiger partial charge in [-0.3, -0.25) is 0 Å². The molecule has 0 aromatic rings. The molecule has 0 radical (unpaired) electrons. The van der Waals surface area contributed by atoms with Crippen LogP contribution >= 0.6 is 0 Å². The molecule has 1 saturated heterocycles. The van der Waals surface area contributed by atoms with Gasteiger partial charge < -0.3 is 5.32 Å². The summed E-state index contributed by atoms with van der Waals surface area (Å²) in [5, 5.41) is 3.10. The number of hydrogen-bond acceptors (Lipinski definition) is 3. The zero-order valence-corrected chi connectivity index (χ0v) is 10.7. The predicted octanol–water partition coefficient (Wildman–Crippen LogP) is 0.513. The highest BCUT2D eigenvalue weighted by atomic mass is 32.2. The van der Waals surface area contributed by atoms with E-state index in [1.165, 1.54) is 0 Å². The van der Waals surface area contributed by atoms with Crippen LogP contribution in [-0.4, -0.2) is 45.2 Å². The molecule has 1 atom stereocenters. The Hall–Kier alpha value is -0.130. The molecular weight excluding hydrogens is 212 g/mol. The molecule has 0 aromatic carbocycles. The van der Waals surface area contributed by atoms with Gasteiger partial charge in [0, 0.05) is 13.1 Å². The smallest absolute Gasteiger partial charge is 0.214 e. The van der Waals surface area contributed by atoms with Crippen molar-refractivity contribution in [2.24, 2.45) is 11.8 Å². The lowest BCUT2D eigenvalue weighted by Crippen LogP contribution is -2.33. The van der Waals surface area contributed by atoms with Gasteiger partial charge in [-0.1, -0.05) is 13.8 Å². The molecule has 0 bridgehead atoms. The van der Waals surface area contributed by atoms with E-state index in [4.69, 9.17) is 0 Å². The molecule has 0 saturated carbocycles. The fraction of sp³-hybridized carbons (Fsp3) is 1.00. The molecular formula is C10H22N2O2S. The van der Waals surface area contributed by atoms with Crippen molar-refractivity contribution in [1.82, 2.24) is 9.62 Å². The highest BCUT2D eigenvalue weighted by Crippen LogP contribution is 2.20. The number of hydrogen-bond donors (Lipinski definition) is 1. The number of rotatable bonds is 5. The maximum atomic E-state index is 11.9. The molecule has 15 heavy (non-hydrogen) atoms. The van der Waals surface area contributed by atoms with E-state index in [0.29, 0.717) is 19.0 Å². The summed E-state index contributed by atoms with van der Waals surface area (Å²) >= 11 is 0. The third kappa shape index (κ3) is 3.74. The maximum absolute atomic E-state index is 11.9. The number of sulfonamides is 1. The minimum Gasteiger partial charge on any atom is -0.319 e. The van der Waals surface area contributed by atoms with Gasteiger partial charge in [0.05, 0.1) is 5.75 Å². The Morgan fingerprint density at radius 2 is 2.13 bits per heavy atom. The zero-order chi connectivity index (χ0) is 11.5. The van der Waals surface area contributed by atoms with Gasteiger partial charge in [0.25, 0.3) is 0 Å². The van der Waals surface area contributed by atoms with E-state index in [9.17, 15) is 8.42 Å².